The molecule has 3 aromatic rings. The van der Waals surface area contributed by atoms with E-state index in [-0.39, 0.29) is 5.75 Å². The van der Waals surface area contributed by atoms with Crippen molar-refractivity contribution in [1.29, 1.82) is 0 Å². The fourth-order valence-electron chi connectivity index (χ4n) is 3.07. The Bertz CT molecular complexity index is 1080. The zero-order valence-electron chi connectivity index (χ0n) is 17.1. The molecule has 3 rings (SSSR count). The molecule has 2 heterocycles. The quantitative estimate of drug-likeness (QED) is 0.413. The Hall–Kier alpha value is -3.15. The first-order valence-corrected chi connectivity index (χ1v) is 10.1. The minimum absolute atomic E-state index is 0.0135. The van der Waals surface area contributed by atoms with E-state index in [2.05, 4.69) is 34.9 Å². The summed E-state index contributed by atoms with van der Waals surface area (Å²) in [5.41, 5.74) is 5.16. The Labute approximate surface area is 181 Å². The van der Waals surface area contributed by atoms with E-state index in [1.165, 1.54) is 5.57 Å². The number of phenols is 1. The number of nitrogens with one attached hydrogen (secondary N) is 2. The van der Waals surface area contributed by atoms with Crippen LogP contribution in [0, 0.1) is 0 Å². The third kappa shape index (κ3) is 5.06. The molecule has 2 aromatic heterocycles. The highest BCUT2D eigenvalue weighted by Gasteiger charge is 2.16. The van der Waals surface area contributed by atoms with Gasteiger partial charge in [0.25, 0.3) is 0 Å². The van der Waals surface area contributed by atoms with E-state index in [4.69, 9.17) is 16.6 Å². The minimum atomic E-state index is 0.0135. The lowest BCUT2D eigenvalue weighted by Crippen LogP contribution is -2.09. The highest BCUT2D eigenvalue weighted by atomic mass is 35.5. The molecule has 154 valence electrons. The summed E-state index contributed by atoms with van der Waals surface area (Å²) in [6.45, 7) is 7.08. The topological polar surface area (TPSA) is 73.8 Å². The summed E-state index contributed by atoms with van der Waals surface area (Å²) in [6, 6.07) is 8.92. The van der Waals surface area contributed by atoms with Gasteiger partial charge < -0.3 is 15.4 Å². The van der Waals surface area contributed by atoms with Crippen LogP contribution in [0.15, 0.2) is 73.1 Å². The van der Waals surface area contributed by atoms with Gasteiger partial charge >= 0.3 is 0 Å². The van der Waals surface area contributed by atoms with Crippen molar-refractivity contribution < 1.29 is 5.11 Å². The van der Waals surface area contributed by atoms with Gasteiger partial charge in [-0.25, -0.2) is 4.98 Å². The molecule has 5 nitrogen and oxygen atoms in total. The van der Waals surface area contributed by atoms with Crippen molar-refractivity contribution in [3.05, 3.63) is 84.0 Å². The van der Waals surface area contributed by atoms with Gasteiger partial charge in [0.1, 0.15) is 11.6 Å². The first-order valence-electron chi connectivity index (χ1n) is 9.73. The van der Waals surface area contributed by atoms with Crippen LogP contribution in [-0.4, -0.2) is 33.7 Å². The number of benzene rings is 1. The number of aromatic amines is 1. The fourth-order valence-corrected chi connectivity index (χ4v) is 3.19. The molecule has 0 atom stereocenters. The number of H-pyrrole nitrogens is 1. The normalized spacial score (nSPS) is 11.9. The van der Waals surface area contributed by atoms with Gasteiger partial charge in [0.15, 0.2) is 0 Å². The summed E-state index contributed by atoms with van der Waals surface area (Å²) in [6.07, 6.45) is 10.6. The Balaban J connectivity index is 2.02. The van der Waals surface area contributed by atoms with Crippen LogP contribution in [0.5, 0.6) is 5.75 Å². The van der Waals surface area contributed by atoms with Crippen LogP contribution in [-0.2, 0) is 0 Å². The standard InChI is InChI=1S/C24H25ClN4O/c1-4-5-17(15-26-3)7-6-16(2)24-28-22(18-10-12-27-13-11-18)23(29-24)19-8-9-20(25)21(30)14-19/h5-14,26,30H,2,4,15H2,1,3H3,(H,28,29)/b7-6-,17-5+. The summed E-state index contributed by atoms with van der Waals surface area (Å²) < 4.78 is 0. The first-order chi connectivity index (χ1) is 14.5. The lowest BCUT2D eigenvalue weighted by Gasteiger charge is -2.04. The van der Waals surface area contributed by atoms with E-state index in [1.807, 2.05) is 37.4 Å². The second kappa shape index (κ2) is 10.1. The molecule has 0 aliphatic carbocycles. The number of aromatic hydroxyl groups is 1. The molecule has 0 bridgehead atoms. The third-order valence-corrected chi connectivity index (χ3v) is 4.86. The zero-order valence-corrected chi connectivity index (χ0v) is 17.9. The highest BCUT2D eigenvalue weighted by molar-refractivity contribution is 6.32. The Morgan fingerprint density at radius 1 is 1.20 bits per heavy atom. The molecule has 0 aliphatic heterocycles. The number of rotatable bonds is 8. The Morgan fingerprint density at radius 2 is 1.97 bits per heavy atom. The maximum atomic E-state index is 10.1. The SMILES string of the molecule is C=C(/C=C\C(=C/CC)CNC)c1nc(-c2ccc(Cl)c(O)c2)c(-c2ccncc2)[nH]1. The van der Waals surface area contributed by atoms with Crippen molar-refractivity contribution in [2.45, 2.75) is 13.3 Å². The molecular weight excluding hydrogens is 396 g/mol. The molecule has 3 N–H and O–H groups in total. The molecule has 0 saturated carbocycles. The number of phenolic OH excluding ortho intramolecular Hbond substituents is 1. The summed E-state index contributed by atoms with van der Waals surface area (Å²) in [5, 5.41) is 13.5. The van der Waals surface area contributed by atoms with Crippen LogP contribution in [0.25, 0.3) is 28.1 Å². The van der Waals surface area contributed by atoms with Crippen molar-refractivity contribution in [3.63, 3.8) is 0 Å². The zero-order chi connectivity index (χ0) is 21.5. The van der Waals surface area contributed by atoms with E-state index >= 15 is 0 Å². The monoisotopic (exact) mass is 420 g/mol. The number of nitrogens with zero attached hydrogens (tertiary/aromatic N) is 2. The molecule has 0 radical (unpaired) electrons. The van der Waals surface area contributed by atoms with Gasteiger partial charge in [0, 0.05) is 35.6 Å². The predicted molar refractivity (Wildman–Crippen MR) is 124 cm³/mol. The van der Waals surface area contributed by atoms with Crippen molar-refractivity contribution in [1.82, 2.24) is 20.3 Å². The molecule has 0 amide bonds. The van der Waals surface area contributed by atoms with E-state index in [9.17, 15) is 5.11 Å². The van der Waals surface area contributed by atoms with E-state index in [0.29, 0.717) is 16.5 Å². The van der Waals surface area contributed by atoms with Crippen LogP contribution in [0.3, 0.4) is 0 Å². The van der Waals surface area contributed by atoms with E-state index in [0.717, 1.165) is 35.4 Å². The summed E-state index contributed by atoms with van der Waals surface area (Å²) in [4.78, 5) is 12.3. The van der Waals surface area contributed by atoms with Gasteiger partial charge in [0.2, 0.25) is 0 Å². The van der Waals surface area contributed by atoms with Crippen LogP contribution < -0.4 is 5.32 Å². The molecule has 6 heteroatoms. The second-order valence-corrected chi connectivity index (χ2v) is 7.19. The van der Waals surface area contributed by atoms with Gasteiger partial charge in [-0.1, -0.05) is 49.4 Å². The molecule has 0 unspecified atom stereocenters. The smallest absolute Gasteiger partial charge is 0.137 e. The van der Waals surface area contributed by atoms with E-state index < -0.39 is 0 Å². The predicted octanol–water partition coefficient (Wildman–Crippen LogP) is 5.62. The third-order valence-electron chi connectivity index (χ3n) is 4.54. The van der Waals surface area contributed by atoms with Gasteiger partial charge in [0.05, 0.1) is 16.4 Å². The number of hydrogen-bond donors (Lipinski definition) is 3. The van der Waals surface area contributed by atoms with Gasteiger partial charge in [-0.3, -0.25) is 4.98 Å². The molecular formula is C24H25ClN4O. The molecule has 0 spiro atoms. The van der Waals surface area contributed by atoms with Crippen LogP contribution in [0.2, 0.25) is 5.02 Å². The fraction of sp³-hybridized carbons (Fsp3) is 0.167. The Kier molecular flexibility index (Phi) is 7.22. The summed E-state index contributed by atoms with van der Waals surface area (Å²) in [7, 11) is 1.92. The number of aromatic nitrogens is 3. The number of allylic oxidation sites excluding steroid dienone is 3. The number of hydrogen-bond acceptors (Lipinski definition) is 4. The Morgan fingerprint density at radius 3 is 2.63 bits per heavy atom. The van der Waals surface area contributed by atoms with Gasteiger partial charge in [-0.15, -0.1) is 0 Å². The first kappa shape index (κ1) is 21.6. The van der Waals surface area contributed by atoms with Crippen molar-refractivity contribution in [2.75, 3.05) is 13.6 Å². The molecule has 30 heavy (non-hydrogen) atoms. The summed E-state index contributed by atoms with van der Waals surface area (Å²) in [5.74, 6) is 0.669. The van der Waals surface area contributed by atoms with Crippen molar-refractivity contribution in [3.8, 4) is 28.3 Å². The van der Waals surface area contributed by atoms with Crippen molar-refractivity contribution >= 4 is 17.2 Å². The molecule has 0 saturated heterocycles. The van der Waals surface area contributed by atoms with Gasteiger partial charge in [-0.2, -0.15) is 0 Å². The maximum absolute atomic E-state index is 10.1. The number of likely N-dealkylation sites (N-methyl/N-ethyl adjacent to an activating group) is 1. The van der Waals surface area contributed by atoms with Crippen LogP contribution >= 0.6 is 11.6 Å². The largest absolute Gasteiger partial charge is 0.506 e. The number of halogens is 1. The molecule has 0 aliphatic rings. The molecule has 0 fully saturated rings. The van der Waals surface area contributed by atoms with Gasteiger partial charge in [-0.05, 0) is 43.3 Å². The van der Waals surface area contributed by atoms with Crippen molar-refractivity contribution in [2.24, 2.45) is 0 Å². The highest BCUT2D eigenvalue weighted by Crippen LogP contribution is 2.35. The average Bonchev–Trinajstić information content (AvgIpc) is 3.20. The minimum Gasteiger partial charge on any atom is -0.506 e. The molecule has 1 aromatic carbocycles. The van der Waals surface area contributed by atoms with E-state index in [1.54, 1.807) is 24.5 Å². The second-order valence-electron chi connectivity index (χ2n) is 6.79. The van der Waals surface area contributed by atoms with Crippen LogP contribution in [0.1, 0.15) is 19.2 Å². The lowest BCUT2D eigenvalue weighted by molar-refractivity contribution is 0.476. The lowest BCUT2D eigenvalue weighted by atomic mass is 10.1. The average molecular weight is 421 g/mol. The summed E-state index contributed by atoms with van der Waals surface area (Å²) >= 11 is 5.98. The number of imidazole rings is 1. The van der Waals surface area contributed by atoms with Crippen LogP contribution in [0.4, 0.5) is 0 Å². The maximum Gasteiger partial charge on any atom is 0.137 e. The number of pyridine rings is 1.